The lowest BCUT2D eigenvalue weighted by molar-refractivity contribution is -0.135. The summed E-state index contributed by atoms with van der Waals surface area (Å²) >= 11 is 0. The zero-order valence-electron chi connectivity index (χ0n) is 35.2. The fourth-order valence-electron chi connectivity index (χ4n) is 10.3. The minimum Gasteiger partial charge on any atom is -0.391 e. The van der Waals surface area contributed by atoms with Crippen molar-refractivity contribution >= 4 is 45.9 Å². The van der Waals surface area contributed by atoms with Crippen LogP contribution in [0.25, 0.3) is 16.7 Å². The minimum absolute atomic E-state index is 0.0290. The molecule has 2 bridgehead atoms. The number of carbonyl (C=O) groups excluding carboxylic acids is 3. The second-order valence-electron chi connectivity index (χ2n) is 17.6. The summed E-state index contributed by atoms with van der Waals surface area (Å²) in [5.41, 5.74) is 1.23. The quantitative estimate of drug-likeness (QED) is 0.137. The van der Waals surface area contributed by atoms with Gasteiger partial charge in [0.2, 0.25) is 11.8 Å². The number of anilines is 2. The number of alkyl halides is 2. The lowest BCUT2D eigenvalue weighted by atomic mass is 9.83. The summed E-state index contributed by atoms with van der Waals surface area (Å²) in [7, 11) is 1.64. The van der Waals surface area contributed by atoms with Crippen molar-refractivity contribution in [2.24, 2.45) is 13.0 Å². The molecule has 336 valence electrons. The van der Waals surface area contributed by atoms with Gasteiger partial charge in [-0.3, -0.25) is 33.5 Å². The van der Waals surface area contributed by atoms with E-state index in [1.54, 1.807) is 25.4 Å². The highest BCUT2D eigenvalue weighted by Gasteiger charge is 2.40. The van der Waals surface area contributed by atoms with Crippen molar-refractivity contribution in [3.63, 3.8) is 0 Å². The Hall–Kier alpha value is -6.01. The summed E-state index contributed by atoms with van der Waals surface area (Å²) in [5.74, 6) is 5.68. The standard InChI is InChI=1S/C44H49F2N11O7/c1-52-39-26(4-2-6-33(39)57(44(52)62)34-9-10-37(59)50-43(34)61)5-3-17-63-28-11-14-53(15-12-28)21-25-7-8-32(35(58)18-25)56-23-31(38(51-56)40(45)46)48-42(60)30-20-47-55-16-13-36(49-41(30)55)54-22-29-19-27(54)24-64-29/h2,4,6,13,16,20,23,25,27-29,32,34-35,40,58H,7-12,14-15,17-19,21-22,24H2,1H3,(H,48,60)(H,50,59,61)/t25-,27+,29+,32-,34?,35?/m0/s1. The van der Waals surface area contributed by atoms with Gasteiger partial charge < -0.3 is 29.7 Å². The number of nitrogens with one attached hydrogen (secondary N) is 2. The van der Waals surface area contributed by atoms with Gasteiger partial charge in [0, 0.05) is 52.0 Å². The van der Waals surface area contributed by atoms with Gasteiger partial charge in [-0.05, 0) is 69.1 Å². The Morgan fingerprint density at radius 3 is 2.70 bits per heavy atom. The van der Waals surface area contributed by atoms with Crippen molar-refractivity contribution in [2.45, 2.75) is 94.2 Å². The molecule has 1 saturated carbocycles. The van der Waals surface area contributed by atoms with E-state index in [0.29, 0.717) is 54.1 Å². The topological polar surface area (TPSA) is 195 Å². The number of hydrogen-bond donors (Lipinski definition) is 3. The molecule has 4 saturated heterocycles. The molecule has 8 heterocycles. The molecule has 0 radical (unpaired) electrons. The van der Waals surface area contributed by atoms with Crippen LogP contribution in [0.1, 0.15) is 91.5 Å². The van der Waals surface area contributed by atoms with E-state index < -0.39 is 42.1 Å². The normalized spacial score (nSPS) is 25.4. The number of imide groups is 1. The first-order valence-corrected chi connectivity index (χ1v) is 21.9. The SMILES string of the molecule is Cn1c(=O)n(C2CCC(=O)NC2=O)c2cccc(C#CCOC3CCN(C[C@H]4CC[C@H](n5cc(NC(=O)c6cnn7ccc(N8C[C@H]9C[C@@H]8CO9)nc67)c(C(F)F)n5)C(O)C4)CC3)c21. The fourth-order valence-corrected chi connectivity index (χ4v) is 10.3. The average Bonchev–Trinajstić information content (AvgIpc) is 4.13. The summed E-state index contributed by atoms with van der Waals surface area (Å²) in [4.78, 5) is 60.3. The molecule has 5 fully saturated rings. The number of likely N-dealkylation sites (tertiary alicyclic amines) is 1. The third kappa shape index (κ3) is 7.94. The highest BCUT2D eigenvalue weighted by atomic mass is 19.3. The van der Waals surface area contributed by atoms with Crippen LogP contribution in [-0.4, -0.2) is 125 Å². The number of fused-ring (bicyclic) bond motifs is 4. The van der Waals surface area contributed by atoms with Crippen molar-refractivity contribution in [3.8, 4) is 11.8 Å². The zero-order chi connectivity index (χ0) is 44.2. The van der Waals surface area contributed by atoms with Gasteiger partial charge in [0.1, 0.15) is 24.0 Å². The van der Waals surface area contributed by atoms with E-state index in [4.69, 9.17) is 14.5 Å². The molecule has 1 aliphatic carbocycles. The van der Waals surface area contributed by atoms with Gasteiger partial charge in [-0.15, -0.1) is 0 Å². The van der Waals surface area contributed by atoms with Crippen molar-refractivity contribution in [1.29, 1.82) is 0 Å². The smallest absolute Gasteiger partial charge is 0.329 e. The predicted molar refractivity (Wildman–Crippen MR) is 227 cm³/mol. The van der Waals surface area contributed by atoms with Crippen molar-refractivity contribution < 1.29 is 37.7 Å². The maximum absolute atomic E-state index is 14.3. The van der Waals surface area contributed by atoms with Gasteiger partial charge in [-0.1, -0.05) is 17.9 Å². The molecule has 0 spiro atoms. The Kier molecular flexibility index (Phi) is 11.3. The lowest BCUT2D eigenvalue weighted by Crippen LogP contribution is -2.44. The molecule has 1 aromatic carbocycles. The van der Waals surface area contributed by atoms with Crippen LogP contribution in [-0.2, 0) is 26.1 Å². The van der Waals surface area contributed by atoms with Gasteiger partial charge in [-0.2, -0.15) is 10.2 Å². The molecule has 5 aliphatic rings. The van der Waals surface area contributed by atoms with E-state index in [2.05, 4.69) is 42.5 Å². The van der Waals surface area contributed by atoms with Crippen LogP contribution >= 0.6 is 0 Å². The van der Waals surface area contributed by atoms with Crippen LogP contribution in [0.2, 0.25) is 0 Å². The van der Waals surface area contributed by atoms with E-state index >= 15 is 0 Å². The van der Waals surface area contributed by atoms with Gasteiger partial charge >= 0.3 is 5.69 Å². The number of ether oxygens (including phenoxy) is 2. The number of aliphatic hydroxyl groups is 1. The Balaban J connectivity index is 0.712. The summed E-state index contributed by atoms with van der Waals surface area (Å²) < 4.78 is 46.3. The second-order valence-corrected chi connectivity index (χ2v) is 17.6. The van der Waals surface area contributed by atoms with Crippen LogP contribution in [0.3, 0.4) is 0 Å². The number of hydrogen-bond acceptors (Lipinski definition) is 12. The number of nitrogens with zero attached hydrogens (tertiary/aromatic N) is 9. The summed E-state index contributed by atoms with van der Waals surface area (Å²) in [5, 5.41) is 24.7. The number of para-hydroxylation sites is 1. The molecule has 20 heteroatoms. The van der Waals surface area contributed by atoms with Crippen LogP contribution in [0.5, 0.6) is 0 Å². The molecule has 4 aromatic heterocycles. The fraction of sp³-hybridized carbons (Fsp3) is 0.523. The van der Waals surface area contributed by atoms with Gasteiger partial charge in [0.15, 0.2) is 11.3 Å². The number of rotatable bonds is 10. The van der Waals surface area contributed by atoms with Gasteiger partial charge in [0.05, 0.1) is 65.5 Å². The van der Waals surface area contributed by atoms with Crippen LogP contribution in [0, 0.1) is 17.8 Å². The molecule has 6 atom stereocenters. The van der Waals surface area contributed by atoms with E-state index in [1.807, 2.05) is 12.1 Å². The zero-order valence-corrected chi connectivity index (χ0v) is 35.2. The number of aliphatic hydroxyl groups excluding tert-OH is 1. The first-order valence-electron chi connectivity index (χ1n) is 21.9. The van der Waals surface area contributed by atoms with Crippen molar-refractivity contribution in [1.82, 2.24) is 43.7 Å². The molecule has 5 aromatic rings. The molecule has 2 unspecified atom stereocenters. The minimum atomic E-state index is -2.95. The first-order chi connectivity index (χ1) is 31.0. The second kappa shape index (κ2) is 17.2. The molecule has 10 rings (SSSR count). The number of aryl methyl sites for hydroxylation is 1. The number of piperidine rings is 2. The highest BCUT2D eigenvalue weighted by Crippen LogP contribution is 2.37. The average molecular weight is 882 g/mol. The molecular formula is C44H49F2N11O7. The number of imidazole rings is 1. The van der Waals surface area contributed by atoms with E-state index in [9.17, 15) is 33.1 Å². The van der Waals surface area contributed by atoms with Crippen molar-refractivity contribution in [2.75, 3.05) is 49.6 Å². The monoisotopic (exact) mass is 881 g/mol. The predicted octanol–water partition coefficient (Wildman–Crippen LogP) is 2.96. The number of morpholine rings is 1. The largest absolute Gasteiger partial charge is 0.391 e. The third-order valence-corrected chi connectivity index (χ3v) is 13.5. The summed E-state index contributed by atoms with van der Waals surface area (Å²) in [6.45, 7) is 3.98. The maximum atomic E-state index is 14.3. The van der Waals surface area contributed by atoms with Crippen molar-refractivity contribution in [3.05, 3.63) is 70.2 Å². The number of halogens is 2. The number of aromatic nitrogens is 7. The van der Waals surface area contributed by atoms with E-state index in [0.717, 1.165) is 45.3 Å². The van der Waals surface area contributed by atoms with Gasteiger partial charge in [0.25, 0.3) is 12.3 Å². The number of benzene rings is 1. The maximum Gasteiger partial charge on any atom is 0.329 e. The van der Waals surface area contributed by atoms with Crippen LogP contribution in [0.4, 0.5) is 20.3 Å². The third-order valence-electron chi connectivity index (χ3n) is 13.5. The Morgan fingerprint density at radius 2 is 1.95 bits per heavy atom. The summed E-state index contributed by atoms with van der Waals surface area (Å²) in [6.07, 6.45) is 5.67. The molecular weight excluding hydrogens is 833 g/mol. The first kappa shape index (κ1) is 42.0. The Labute approximate surface area is 365 Å². The van der Waals surface area contributed by atoms with E-state index in [1.165, 1.54) is 30.7 Å². The van der Waals surface area contributed by atoms with E-state index in [-0.39, 0.29) is 66.5 Å². The molecule has 4 aliphatic heterocycles. The Bertz CT molecular complexity index is 2740. The number of carbonyl (C=O) groups is 3. The van der Waals surface area contributed by atoms with Crippen LogP contribution in [0.15, 0.2) is 47.7 Å². The molecule has 64 heavy (non-hydrogen) atoms. The summed E-state index contributed by atoms with van der Waals surface area (Å²) in [6, 6.07) is 6.15. The van der Waals surface area contributed by atoms with Crippen LogP contribution < -0.4 is 21.2 Å². The molecule has 3 amide bonds. The Morgan fingerprint density at radius 1 is 1.11 bits per heavy atom. The molecule has 3 N–H and O–H groups in total. The molecule has 18 nitrogen and oxygen atoms in total. The highest BCUT2D eigenvalue weighted by molar-refractivity contribution is 6.08. The number of amides is 3. The lowest BCUT2D eigenvalue weighted by Gasteiger charge is -2.38. The van der Waals surface area contributed by atoms with Gasteiger partial charge in [-0.25, -0.2) is 23.1 Å².